The zero-order valence-electron chi connectivity index (χ0n) is 9.86. The molecule has 0 saturated carbocycles. The maximum absolute atomic E-state index is 12.6. The van der Waals surface area contributed by atoms with Crippen LogP contribution in [0.25, 0.3) is 0 Å². The van der Waals surface area contributed by atoms with Crippen molar-refractivity contribution < 1.29 is 22.7 Å². The number of hydrogen-bond acceptors (Lipinski definition) is 5. The Hall–Kier alpha value is -2.12. The lowest BCUT2D eigenvalue weighted by Gasteiger charge is -2.23. The minimum atomic E-state index is -4.47. The van der Waals surface area contributed by atoms with Crippen LogP contribution in [0.4, 0.5) is 13.2 Å². The van der Waals surface area contributed by atoms with E-state index in [0.717, 1.165) is 12.1 Å². The smallest absolute Gasteiger partial charge is 0.416 e. The average molecular weight is 273 g/mol. The van der Waals surface area contributed by atoms with Crippen molar-refractivity contribution >= 4 is 6.29 Å². The first kappa shape index (κ1) is 13.3. The monoisotopic (exact) mass is 273 g/mol. The molecule has 1 aliphatic heterocycles. The SMILES string of the molecule is COc1cc(C(F)(F)F)ccc1C1(C=O)CN=NN1. The van der Waals surface area contributed by atoms with Crippen molar-refractivity contribution in [3.05, 3.63) is 29.3 Å². The highest BCUT2D eigenvalue weighted by Gasteiger charge is 2.39. The predicted octanol–water partition coefficient (Wildman–Crippen LogP) is 2.08. The second-order valence-corrected chi connectivity index (χ2v) is 4.01. The number of rotatable bonds is 3. The van der Waals surface area contributed by atoms with Gasteiger partial charge in [-0.2, -0.15) is 18.3 Å². The van der Waals surface area contributed by atoms with Crippen LogP contribution < -0.4 is 10.2 Å². The Balaban J connectivity index is 2.50. The minimum Gasteiger partial charge on any atom is -0.496 e. The third-order valence-electron chi connectivity index (χ3n) is 2.85. The zero-order valence-corrected chi connectivity index (χ0v) is 9.86. The van der Waals surface area contributed by atoms with Gasteiger partial charge in [0.05, 0.1) is 19.2 Å². The molecule has 1 unspecified atom stereocenters. The van der Waals surface area contributed by atoms with Gasteiger partial charge in [-0.05, 0) is 12.1 Å². The summed E-state index contributed by atoms with van der Waals surface area (Å²) in [5.41, 5.74) is 0.650. The molecule has 1 N–H and O–H groups in total. The summed E-state index contributed by atoms with van der Waals surface area (Å²) < 4.78 is 42.8. The van der Waals surface area contributed by atoms with E-state index in [1.165, 1.54) is 13.2 Å². The molecule has 0 radical (unpaired) electrons. The van der Waals surface area contributed by atoms with Gasteiger partial charge in [0.2, 0.25) is 0 Å². The molecule has 5 nitrogen and oxygen atoms in total. The van der Waals surface area contributed by atoms with E-state index in [1.54, 1.807) is 0 Å². The van der Waals surface area contributed by atoms with E-state index in [-0.39, 0.29) is 17.9 Å². The highest BCUT2D eigenvalue weighted by atomic mass is 19.4. The summed E-state index contributed by atoms with van der Waals surface area (Å²) in [6.07, 6.45) is -3.92. The Morgan fingerprint density at radius 2 is 2.21 bits per heavy atom. The standard InChI is InChI=1S/C11H10F3N3O2/c1-19-9-4-7(11(12,13)14)2-3-8(9)10(6-18)5-15-17-16-10/h2-4,6H,5H2,1H3,(H,15,16). The lowest BCUT2D eigenvalue weighted by atomic mass is 9.90. The molecule has 0 amide bonds. The highest BCUT2D eigenvalue weighted by molar-refractivity contribution is 5.71. The van der Waals surface area contributed by atoms with E-state index < -0.39 is 17.3 Å². The van der Waals surface area contributed by atoms with Gasteiger partial charge < -0.3 is 9.53 Å². The van der Waals surface area contributed by atoms with Crippen molar-refractivity contribution in [1.82, 2.24) is 5.43 Å². The molecular weight excluding hydrogens is 263 g/mol. The summed E-state index contributed by atoms with van der Waals surface area (Å²) in [5.74, 6) is -0.0401. The molecule has 0 aliphatic carbocycles. The van der Waals surface area contributed by atoms with Crippen LogP contribution in [0.15, 0.2) is 28.5 Å². The number of hydrogen-bond donors (Lipinski definition) is 1. The number of alkyl halides is 3. The number of halogens is 3. The van der Waals surface area contributed by atoms with Gasteiger partial charge in [-0.1, -0.05) is 11.3 Å². The molecule has 19 heavy (non-hydrogen) atoms. The van der Waals surface area contributed by atoms with Gasteiger partial charge in [0.25, 0.3) is 0 Å². The van der Waals surface area contributed by atoms with E-state index in [2.05, 4.69) is 15.8 Å². The van der Waals surface area contributed by atoms with Crippen molar-refractivity contribution in [2.24, 2.45) is 10.3 Å². The van der Waals surface area contributed by atoms with Gasteiger partial charge in [-0.15, -0.1) is 0 Å². The van der Waals surface area contributed by atoms with Crippen molar-refractivity contribution in [1.29, 1.82) is 0 Å². The van der Waals surface area contributed by atoms with Crippen molar-refractivity contribution in [3.63, 3.8) is 0 Å². The van der Waals surface area contributed by atoms with Crippen molar-refractivity contribution in [2.45, 2.75) is 11.7 Å². The fraction of sp³-hybridized carbons (Fsp3) is 0.364. The maximum Gasteiger partial charge on any atom is 0.416 e. The lowest BCUT2D eigenvalue weighted by Crippen LogP contribution is -2.40. The molecule has 2 rings (SSSR count). The van der Waals surface area contributed by atoms with Gasteiger partial charge in [-0.25, -0.2) is 0 Å². The van der Waals surface area contributed by atoms with Crippen molar-refractivity contribution in [2.75, 3.05) is 13.7 Å². The zero-order chi connectivity index (χ0) is 14.1. The Kier molecular flexibility index (Phi) is 3.17. The lowest BCUT2D eigenvalue weighted by molar-refractivity contribution is -0.137. The summed E-state index contributed by atoms with van der Waals surface area (Å²) >= 11 is 0. The van der Waals surface area contributed by atoms with Crippen LogP contribution in [0.5, 0.6) is 5.75 Å². The minimum absolute atomic E-state index is 0.0121. The Bertz CT molecular complexity index is 520. The van der Waals surface area contributed by atoms with Gasteiger partial charge in [0.1, 0.15) is 5.75 Å². The summed E-state index contributed by atoms with van der Waals surface area (Å²) in [7, 11) is 1.24. The second kappa shape index (κ2) is 4.52. The quantitative estimate of drug-likeness (QED) is 0.857. The van der Waals surface area contributed by atoms with Gasteiger partial charge in [0, 0.05) is 5.56 Å². The predicted molar refractivity (Wildman–Crippen MR) is 58.6 cm³/mol. The molecule has 0 aromatic heterocycles. The van der Waals surface area contributed by atoms with E-state index in [9.17, 15) is 18.0 Å². The summed E-state index contributed by atoms with van der Waals surface area (Å²) in [4.78, 5) is 11.2. The van der Waals surface area contributed by atoms with E-state index in [4.69, 9.17) is 4.74 Å². The average Bonchev–Trinajstić information content (AvgIpc) is 2.86. The Morgan fingerprint density at radius 1 is 1.47 bits per heavy atom. The van der Waals surface area contributed by atoms with Crippen LogP contribution in [0, 0.1) is 0 Å². The normalized spacial score (nSPS) is 22.1. The number of methoxy groups -OCH3 is 1. The molecule has 102 valence electrons. The summed E-state index contributed by atoms with van der Waals surface area (Å²) in [6, 6.07) is 2.93. The highest BCUT2D eigenvalue weighted by Crippen LogP contribution is 2.37. The Morgan fingerprint density at radius 3 is 2.68 bits per heavy atom. The van der Waals surface area contributed by atoms with E-state index >= 15 is 0 Å². The number of carbonyl (C=O) groups excluding carboxylic acids is 1. The maximum atomic E-state index is 12.6. The number of aldehydes is 1. The van der Waals surface area contributed by atoms with Crippen LogP contribution >= 0.6 is 0 Å². The van der Waals surface area contributed by atoms with E-state index in [0.29, 0.717) is 6.29 Å². The molecule has 1 aromatic carbocycles. The molecule has 1 aromatic rings. The van der Waals surface area contributed by atoms with Crippen LogP contribution in [-0.2, 0) is 16.5 Å². The molecule has 8 heteroatoms. The largest absolute Gasteiger partial charge is 0.496 e. The molecule has 0 bridgehead atoms. The number of nitrogens with one attached hydrogen (secondary N) is 1. The van der Waals surface area contributed by atoms with Gasteiger partial charge >= 0.3 is 6.18 Å². The molecule has 1 aliphatic rings. The van der Waals surface area contributed by atoms with Gasteiger partial charge in [0.15, 0.2) is 11.8 Å². The molecule has 1 heterocycles. The number of nitrogens with zero attached hydrogens (tertiary/aromatic N) is 2. The topological polar surface area (TPSA) is 63.0 Å². The molecule has 1 atom stereocenters. The Labute approximate surface area is 106 Å². The second-order valence-electron chi connectivity index (χ2n) is 4.01. The van der Waals surface area contributed by atoms with Gasteiger partial charge in [-0.3, -0.25) is 5.43 Å². The third-order valence-corrected chi connectivity index (χ3v) is 2.85. The molecular formula is C11H10F3N3O2. The summed E-state index contributed by atoms with van der Waals surface area (Å²) in [6.45, 7) is 0.0121. The van der Waals surface area contributed by atoms with Crippen LogP contribution in [0.2, 0.25) is 0 Å². The van der Waals surface area contributed by atoms with Crippen LogP contribution in [0.3, 0.4) is 0 Å². The van der Waals surface area contributed by atoms with Crippen LogP contribution in [0.1, 0.15) is 11.1 Å². The number of ether oxygens (including phenoxy) is 1. The first-order valence-corrected chi connectivity index (χ1v) is 5.29. The fourth-order valence-corrected chi connectivity index (χ4v) is 1.82. The molecule has 0 saturated heterocycles. The summed E-state index contributed by atoms with van der Waals surface area (Å²) in [5, 5.41) is 7.13. The van der Waals surface area contributed by atoms with E-state index in [1.807, 2.05) is 0 Å². The number of benzene rings is 1. The molecule has 0 fully saturated rings. The third kappa shape index (κ3) is 2.25. The van der Waals surface area contributed by atoms with Crippen LogP contribution in [-0.4, -0.2) is 19.9 Å². The first-order valence-electron chi connectivity index (χ1n) is 5.29. The number of carbonyl (C=O) groups is 1. The first-order chi connectivity index (χ1) is 8.93. The fourth-order valence-electron chi connectivity index (χ4n) is 1.82. The van der Waals surface area contributed by atoms with Crippen molar-refractivity contribution in [3.8, 4) is 5.75 Å². The molecule has 0 spiro atoms.